The van der Waals surface area contributed by atoms with Crippen LogP contribution in [0.15, 0.2) is 63.1 Å². The molecular weight excluding hydrogens is 573 g/mol. The van der Waals surface area contributed by atoms with E-state index < -0.39 is 60.2 Å². The molecule has 0 aliphatic rings. The first-order valence-electron chi connectivity index (χ1n) is 8.97. The number of allylic oxidation sites excluding steroid dienone is 2. The third-order valence-electron chi connectivity index (χ3n) is 4.19. The standard InChI is InChI=1S/C20H14BrClF5N3O3S/c1-3-13(29-19(22)28-2)15(21)17(31)10-6-4-9-14(16(10)24)30-34(32,33)18-11(20(25,26)27)7-5-8-12(18)23/h3-9,15,30H,2H2,1H3/b13-3-,29-19-. The maximum atomic E-state index is 15.1. The quantitative estimate of drug-likeness (QED) is 0.109. The van der Waals surface area contributed by atoms with Crippen molar-refractivity contribution in [3.63, 3.8) is 0 Å². The molecule has 6 nitrogen and oxygen atoms in total. The van der Waals surface area contributed by atoms with Crippen LogP contribution in [0.2, 0.25) is 0 Å². The van der Waals surface area contributed by atoms with E-state index >= 15 is 4.39 Å². The predicted molar refractivity (Wildman–Crippen MR) is 122 cm³/mol. The minimum absolute atomic E-state index is 0.0222. The van der Waals surface area contributed by atoms with Gasteiger partial charge in [-0.1, -0.05) is 34.1 Å². The Kier molecular flexibility index (Phi) is 8.72. The zero-order valence-corrected chi connectivity index (χ0v) is 20.2. The molecule has 0 heterocycles. The van der Waals surface area contributed by atoms with Gasteiger partial charge in [0.1, 0.15) is 15.5 Å². The second-order valence-electron chi connectivity index (χ2n) is 6.37. The highest BCUT2D eigenvalue weighted by molar-refractivity contribution is 9.10. The number of rotatable bonds is 7. The molecule has 0 bridgehead atoms. The van der Waals surface area contributed by atoms with E-state index in [9.17, 15) is 30.8 Å². The van der Waals surface area contributed by atoms with Gasteiger partial charge in [-0.05, 0) is 49.5 Å². The van der Waals surface area contributed by atoms with Crippen LogP contribution in [0.25, 0.3) is 0 Å². The van der Waals surface area contributed by atoms with E-state index in [2.05, 4.69) is 32.6 Å². The number of hydrogen-bond acceptors (Lipinski definition) is 4. The molecule has 34 heavy (non-hydrogen) atoms. The number of carbonyl (C=O) groups excluding carboxylic acids is 1. The minimum Gasteiger partial charge on any atom is -0.292 e. The van der Waals surface area contributed by atoms with Crippen LogP contribution in [0, 0.1) is 11.6 Å². The molecule has 2 rings (SSSR count). The Morgan fingerprint density at radius 1 is 1.21 bits per heavy atom. The van der Waals surface area contributed by atoms with Crippen LogP contribution < -0.4 is 4.72 Å². The fourth-order valence-corrected chi connectivity index (χ4v) is 4.74. The summed E-state index contributed by atoms with van der Waals surface area (Å²) >= 11 is 8.70. The lowest BCUT2D eigenvalue weighted by Crippen LogP contribution is -2.22. The number of hydrogen-bond donors (Lipinski definition) is 1. The van der Waals surface area contributed by atoms with E-state index in [1.54, 1.807) is 4.72 Å². The van der Waals surface area contributed by atoms with Crippen molar-refractivity contribution in [1.29, 1.82) is 0 Å². The Labute approximate surface area is 204 Å². The van der Waals surface area contributed by atoms with Crippen LogP contribution in [-0.4, -0.2) is 31.0 Å². The van der Waals surface area contributed by atoms with Gasteiger partial charge >= 0.3 is 6.18 Å². The summed E-state index contributed by atoms with van der Waals surface area (Å²) < 4.78 is 95.7. The number of amidine groups is 1. The van der Waals surface area contributed by atoms with Crippen molar-refractivity contribution in [2.24, 2.45) is 9.98 Å². The van der Waals surface area contributed by atoms with Gasteiger partial charge in [0.15, 0.2) is 11.6 Å². The third-order valence-corrected chi connectivity index (χ3v) is 6.72. The number of nitrogens with one attached hydrogen (secondary N) is 1. The fraction of sp³-hybridized carbons (Fsp3) is 0.150. The zero-order chi connectivity index (χ0) is 25.8. The second-order valence-corrected chi connectivity index (χ2v) is 9.24. The lowest BCUT2D eigenvalue weighted by Gasteiger charge is -2.16. The SMILES string of the molecule is C=N/C(Cl)=N\C(=C/C)C(Br)C(=O)c1cccc(NS(=O)(=O)c2c(F)cccc2C(F)(F)F)c1F. The molecule has 14 heteroatoms. The maximum absolute atomic E-state index is 15.1. The van der Waals surface area contributed by atoms with Crippen molar-refractivity contribution < 1.29 is 35.2 Å². The van der Waals surface area contributed by atoms with Crippen LogP contribution in [0.5, 0.6) is 0 Å². The number of carbonyl (C=O) groups is 1. The van der Waals surface area contributed by atoms with Crippen molar-refractivity contribution in [3.8, 4) is 0 Å². The van der Waals surface area contributed by atoms with Gasteiger partial charge in [0.25, 0.3) is 10.0 Å². The van der Waals surface area contributed by atoms with Gasteiger partial charge < -0.3 is 0 Å². The molecular formula is C20H14BrClF5N3O3S. The summed E-state index contributed by atoms with van der Waals surface area (Å²) in [6, 6.07) is 4.51. The van der Waals surface area contributed by atoms with Crippen LogP contribution in [0.4, 0.5) is 27.6 Å². The Morgan fingerprint density at radius 2 is 1.82 bits per heavy atom. The maximum Gasteiger partial charge on any atom is 0.417 e. The van der Waals surface area contributed by atoms with Gasteiger partial charge in [0, 0.05) is 0 Å². The zero-order valence-electron chi connectivity index (χ0n) is 17.0. The van der Waals surface area contributed by atoms with Crippen molar-refractivity contribution in [2.45, 2.75) is 22.8 Å². The van der Waals surface area contributed by atoms with Crippen molar-refractivity contribution in [1.82, 2.24) is 0 Å². The smallest absolute Gasteiger partial charge is 0.292 e. The number of halogens is 7. The highest BCUT2D eigenvalue weighted by atomic mass is 79.9. The largest absolute Gasteiger partial charge is 0.417 e. The van der Waals surface area contributed by atoms with Crippen LogP contribution in [0.1, 0.15) is 22.8 Å². The highest BCUT2D eigenvalue weighted by Crippen LogP contribution is 2.36. The average Bonchev–Trinajstić information content (AvgIpc) is 2.76. The van der Waals surface area contributed by atoms with E-state index in [0.29, 0.717) is 18.2 Å². The van der Waals surface area contributed by atoms with Crippen molar-refractivity contribution in [3.05, 3.63) is 70.9 Å². The Bertz CT molecular complexity index is 1300. The predicted octanol–water partition coefficient (Wildman–Crippen LogP) is 5.93. The molecule has 0 aliphatic carbocycles. The van der Waals surface area contributed by atoms with Gasteiger partial charge in [0.05, 0.1) is 22.5 Å². The number of Topliss-reactive ketones (excluding diaryl/α,β-unsaturated/α-hetero) is 1. The highest BCUT2D eigenvalue weighted by Gasteiger charge is 2.39. The van der Waals surface area contributed by atoms with E-state index in [4.69, 9.17) is 11.6 Å². The molecule has 2 aromatic rings. The van der Waals surface area contributed by atoms with Crippen molar-refractivity contribution >= 4 is 61.0 Å². The third kappa shape index (κ3) is 6.07. The number of benzene rings is 2. The van der Waals surface area contributed by atoms with Gasteiger partial charge in [-0.25, -0.2) is 27.2 Å². The summed E-state index contributed by atoms with van der Waals surface area (Å²) in [6.07, 6.45) is -3.84. The topological polar surface area (TPSA) is 88.0 Å². The molecule has 0 fully saturated rings. The van der Waals surface area contributed by atoms with Crippen LogP contribution in [-0.2, 0) is 16.2 Å². The monoisotopic (exact) mass is 585 g/mol. The van der Waals surface area contributed by atoms with E-state index in [1.807, 2.05) is 0 Å². The number of aliphatic imine (C=N–C) groups is 2. The molecule has 1 atom stereocenters. The van der Waals surface area contributed by atoms with Gasteiger partial charge in [-0.3, -0.25) is 9.52 Å². The minimum atomic E-state index is -5.26. The first-order valence-corrected chi connectivity index (χ1v) is 11.7. The fourth-order valence-electron chi connectivity index (χ4n) is 2.68. The molecule has 182 valence electrons. The summed E-state index contributed by atoms with van der Waals surface area (Å²) in [5.74, 6) is -4.03. The van der Waals surface area contributed by atoms with Crippen LogP contribution >= 0.6 is 27.5 Å². The first kappa shape index (κ1) is 27.6. The average molecular weight is 587 g/mol. The van der Waals surface area contributed by atoms with E-state index in [0.717, 1.165) is 18.2 Å². The first-order chi connectivity index (χ1) is 15.7. The normalized spacial score (nSPS) is 14.0. The lowest BCUT2D eigenvalue weighted by molar-refractivity contribution is -0.140. The molecule has 1 N–H and O–H groups in total. The number of sulfonamides is 1. The van der Waals surface area contributed by atoms with Crippen molar-refractivity contribution in [2.75, 3.05) is 4.72 Å². The summed E-state index contributed by atoms with van der Waals surface area (Å²) in [5.41, 5.74) is -3.27. The second kappa shape index (κ2) is 10.7. The number of ketones is 1. The Morgan fingerprint density at radius 3 is 2.38 bits per heavy atom. The summed E-state index contributed by atoms with van der Waals surface area (Å²) in [6.45, 7) is 4.66. The Balaban J connectivity index is 2.51. The molecule has 0 aromatic heterocycles. The van der Waals surface area contributed by atoms with Gasteiger partial charge in [-0.2, -0.15) is 13.2 Å². The summed E-state index contributed by atoms with van der Waals surface area (Å²) in [4.78, 5) is 17.0. The molecule has 1 unspecified atom stereocenters. The molecule has 0 amide bonds. The molecule has 2 aromatic carbocycles. The Hall–Kier alpha value is -2.64. The van der Waals surface area contributed by atoms with E-state index in [-0.39, 0.29) is 11.0 Å². The molecule has 0 saturated heterocycles. The number of alkyl halides is 4. The molecule has 0 saturated carbocycles. The summed E-state index contributed by atoms with van der Waals surface area (Å²) in [7, 11) is -5.26. The lowest BCUT2D eigenvalue weighted by atomic mass is 10.0. The number of anilines is 1. The molecule has 0 radical (unpaired) electrons. The van der Waals surface area contributed by atoms with E-state index in [1.165, 1.54) is 13.0 Å². The molecule has 0 spiro atoms. The van der Waals surface area contributed by atoms with Crippen LogP contribution in [0.3, 0.4) is 0 Å². The van der Waals surface area contributed by atoms with Gasteiger partial charge in [-0.15, -0.1) is 0 Å². The summed E-state index contributed by atoms with van der Waals surface area (Å²) in [5, 5.41) is -0.308. The molecule has 0 aliphatic heterocycles. The number of nitrogens with zero attached hydrogens (tertiary/aromatic N) is 2. The van der Waals surface area contributed by atoms with Gasteiger partial charge in [0.2, 0.25) is 5.29 Å².